The summed E-state index contributed by atoms with van der Waals surface area (Å²) in [5.74, 6) is 1.61. The third kappa shape index (κ3) is 4.13. The van der Waals surface area contributed by atoms with Crippen molar-refractivity contribution in [2.24, 2.45) is 5.92 Å². The minimum atomic E-state index is 0.0247. The molecular formula is C15H19N5O. The summed E-state index contributed by atoms with van der Waals surface area (Å²) >= 11 is 0. The Morgan fingerprint density at radius 1 is 1.38 bits per heavy atom. The lowest BCUT2D eigenvalue weighted by Crippen LogP contribution is -2.34. The zero-order chi connectivity index (χ0) is 14.5. The summed E-state index contributed by atoms with van der Waals surface area (Å²) in [4.78, 5) is 20.0. The monoisotopic (exact) mass is 285 g/mol. The standard InChI is InChI=1S/C15H19N5O/c21-15(10-17-8-12-1-2-12)19-9-13-3-4-18-14(7-13)20-6-5-16-11-20/h3-7,11-12,17H,1-2,8-10H2,(H,19,21). The van der Waals surface area contributed by atoms with E-state index in [1.54, 1.807) is 18.7 Å². The van der Waals surface area contributed by atoms with Crippen LogP contribution >= 0.6 is 0 Å². The van der Waals surface area contributed by atoms with Gasteiger partial charge in [0, 0.05) is 25.1 Å². The van der Waals surface area contributed by atoms with Crippen molar-refractivity contribution < 1.29 is 4.79 Å². The van der Waals surface area contributed by atoms with Gasteiger partial charge in [-0.15, -0.1) is 0 Å². The first-order valence-electron chi connectivity index (χ1n) is 7.22. The van der Waals surface area contributed by atoms with Crippen molar-refractivity contribution in [2.75, 3.05) is 13.1 Å². The summed E-state index contributed by atoms with van der Waals surface area (Å²) in [5.41, 5.74) is 1.02. The molecule has 1 saturated carbocycles. The number of nitrogens with one attached hydrogen (secondary N) is 2. The average molecular weight is 285 g/mol. The van der Waals surface area contributed by atoms with Gasteiger partial charge in [0.15, 0.2) is 0 Å². The van der Waals surface area contributed by atoms with E-state index in [1.807, 2.05) is 22.9 Å². The van der Waals surface area contributed by atoms with E-state index in [0.29, 0.717) is 13.1 Å². The molecule has 2 aromatic heterocycles. The number of carbonyl (C=O) groups is 1. The zero-order valence-electron chi connectivity index (χ0n) is 11.8. The number of hydrogen-bond donors (Lipinski definition) is 2. The Labute approximate surface area is 123 Å². The van der Waals surface area contributed by atoms with Crippen LogP contribution in [0.15, 0.2) is 37.1 Å². The molecule has 0 saturated heterocycles. The van der Waals surface area contributed by atoms with Crippen molar-refractivity contribution in [3.05, 3.63) is 42.6 Å². The van der Waals surface area contributed by atoms with Crippen LogP contribution in [0.5, 0.6) is 0 Å². The van der Waals surface area contributed by atoms with Crippen LogP contribution in [-0.4, -0.2) is 33.5 Å². The Morgan fingerprint density at radius 3 is 3.05 bits per heavy atom. The van der Waals surface area contributed by atoms with E-state index in [-0.39, 0.29) is 5.91 Å². The fraction of sp³-hybridized carbons (Fsp3) is 0.400. The number of amides is 1. The minimum absolute atomic E-state index is 0.0247. The molecule has 0 spiro atoms. The molecule has 2 N–H and O–H groups in total. The first-order valence-corrected chi connectivity index (χ1v) is 7.22. The van der Waals surface area contributed by atoms with Gasteiger partial charge in [-0.05, 0) is 43.0 Å². The Kier molecular flexibility index (Phi) is 4.25. The predicted octanol–water partition coefficient (Wildman–Crippen LogP) is 0.883. The molecule has 1 aliphatic rings. The minimum Gasteiger partial charge on any atom is -0.351 e. The first kappa shape index (κ1) is 13.8. The summed E-state index contributed by atoms with van der Waals surface area (Å²) in [6.07, 6.45) is 9.58. The number of aromatic nitrogens is 3. The number of hydrogen-bond acceptors (Lipinski definition) is 4. The topological polar surface area (TPSA) is 71.8 Å². The quantitative estimate of drug-likeness (QED) is 0.792. The van der Waals surface area contributed by atoms with Crippen LogP contribution in [0, 0.1) is 5.92 Å². The van der Waals surface area contributed by atoms with Gasteiger partial charge in [-0.3, -0.25) is 9.36 Å². The number of imidazole rings is 1. The van der Waals surface area contributed by atoms with Crippen molar-refractivity contribution in [3.8, 4) is 5.82 Å². The molecule has 0 atom stereocenters. The molecule has 0 radical (unpaired) electrons. The first-order chi connectivity index (χ1) is 10.3. The van der Waals surface area contributed by atoms with Gasteiger partial charge in [0.25, 0.3) is 0 Å². The molecular weight excluding hydrogens is 266 g/mol. The van der Waals surface area contributed by atoms with Crippen molar-refractivity contribution >= 4 is 5.91 Å². The van der Waals surface area contributed by atoms with Gasteiger partial charge in [-0.1, -0.05) is 0 Å². The molecule has 1 aliphatic carbocycles. The Morgan fingerprint density at radius 2 is 2.29 bits per heavy atom. The van der Waals surface area contributed by atoms with Gasteiger partial charge in [0.2, 0.25) is 5.91 Å². The Balaban J connectivity index is 1.48. The fourth-order valence-corrected chi connectivity index (χ4v) is 2.08. The molecule has 6 nitrogen and oxygen atoms in total. The van der Waals surface area contributed by atoms with Crippen LogP contribution in [0.3, 0.4) is 0 Å². The van der Waals surface area contributed by atoms with E-state index in [0.717, 1.165) is 23.8 Å². The van der Waals surface area contributed by atoms with E-state index in [1.165, 1.54) is 12.8 Å². The van der Waals surface area contributed by atoms with Crippen LogP contribution < -0.4 is 10.6 Å². The number of nitrogens with zero attached hydrogens (tertiary/aromatic N) is 3. The van der Waals surface area contributed by atoms with Crippen LogP contribution in [0.1, 0.15) is 18.4 Å². The van der Waals surface area contributed by atoms with Gasteiger partial charge in [-0.2, -0.15) is 0 Å². The molecule has 1 fully saturated rings. The summed E-state index contributed by atoms with van der Waals surface area (Å²) in [7, 11) is 0. The summed E-state index contributed by atoms with van der Waals surface area (Å²) in [6, 6.07) is 3.85. The van der Waals surface area contributed by atoms with Gasteiger partial charge in [-0.25, -0.2) is 9.97 Å². The molecule has 110 valence electrons. The lowest BCUT2D eigenvalue weighted by Gasteiger charge is -2.08. The van der Waals surface area contributed by atoms with Crippen molar-refractivity contribution in [1.29, 1.82) is 0 Å². The number of rotatable bonds is 7. The second-order valence-corrected chi connectivity index (χ2v) is 5.34. The van der Waals surface area contributed by atoms with Crippen LogP contribution in [-0.2, 0) is 11.3 Å². The highest BCUT2D eigenvalue weighted by Crippen LogP contribution is 2.27. The smallest absolute Gasteiger partial charge is 0.234 e. The van der Waals surface area contributed by atoms with Gasteiger partial charge < -0.3 is 10.6 Å². The molecule has 0 aliphatic heterocycles. The highest BCUT2D eigenvalue weighted by molar-refractivity contribution is 5.77. The Bertz CT molecular complexity index is 592. The fourth-order valence-electron chi connectivity index (χ4n) is 2.08. The van der Waals surface area contributed by atoms with Crippen LogP contribution in [0.25, 0.3) is 5.82 Å². The number of pyridine rings is 1. The highest BCUT2D eigenvalue weighted by atomic mass is 16.1. The van der Waals surface area contributed by atoms with E-state index >= 15 is 0 Å². The van der Waals surface area contributed by atoms with Crippen LogP contribution in [0.2, 0.25) is 0 Å². The normalized spacial score (nSPS) is 14.1. The van der Waals surface area contributed by atoms with Crippen molar-refractivity contribution in [3.63, 3.8) is 0 Å². The second-order valence-electron chi connectivity index (χ2n) is 5.34. The lowest BCUT2D eigenvalue weighted by molar-refractivity contribution is -0.120. The lowest BCUT2D eigenvalue weighted by atomic mass is 10.2. The van der Waals surface area contributed by atoms with Gasteiger partial charge in [0.1, 0.15) is 12.1 Å². The van der Waals surface area contributed by atoms with Gasteiger partial charge in [0.05, 0.1) is 6.54 Å². The molecule has 0 bridgehead atoms. The maximum atomic E-state index is 11.7. The third-order valence-electron chi connectivity index (χ3n) is 3.48. The Hall–Kier alpha value is -2.21. The molecule has 2 aromatic rings. The summed E-state index contributed by atoms with van der Waals surface area (Å²) in [5, 5.41) is 6.09. The maximum absolute atomic E-state index is 11.7. The maximum Gasteiger partial charge on any atom is 0.234 e. The molecule has 1 amide bonds. The number of carbonyl (C=O) groups excluding carboxylic acids is 1. The largest absolute Gasteiger partial charge is 0.351 e. The van der Waals surface area contributed by atoms with E-state index < -0.39 is 0 Å². The SMILES string of the molecule is O=C(CNCC1CC1)NCc1ccnc(-n2ccnc2)c1. The zero-order valence-corrected chi connectivity index (χ0v) is 11.8. The predicted molar refractivity (Wildman–Crippen MR) is 78.8 cm³/mol. The molecule has 2 heterocycles. The van der Waals surface area contributed by atoms with Crippen molar-refractivity contribution in [2.45, 2.75) is 19.4 Å². The van der Waals surface area contributed by atoms with Gasteiger partial charge >= 0.3 is 0 Å². The molecule has 0 aromatic carbocycles. The third-order valence-corrected chi connectivity index (χ3v) is 3.48. The highest BCUT2D eigenvalue weighted by Gasteiger charge is 2.20. The molecule has 6 heteroatoms. The second kappa shape index (κ2) is 6.49. The van der Waals surface area contributed by atoms with Crippen molar-refractivity contribution in [1.82, 2.24) is 25.2 Å². The summed E-state index contributed by atoms with van der Waals surface area (Å²) in [6.45, 7) is 1.84. The van der Waals surface area contributed by atoms with E-state index in [9.17, 15) is 4.79 Å². The molecule has 3 rings (SSSR count). The van der Waals surface area contributed by atoms with Crippen LogP contribution in [0.4, 0.5) is 0 Å². The molecule has 0 unspecified atom stereocenters. The molecule has 21 heavy (non-hydrogen) atoms. The van der Waals surface area contributed by atoms with E-state index in [4.69, 9.17) is 0 Å². The van der Waals surface area contributed by atoms with E-state index in [2.05, 4.69) is 20.6 Å². The summed E-state index contributed by atoms with van der Waals surface area (Å²) < 4.78 is 1.84. The average Bonchev–Trinajstić information content (AvgIpc) is 3.16.